The minimum Gasteiger partial charge on any atom is -0.495 e. The van der Waals surface area contributed by atoms with Gasteiger partial charge in [0.05, 0.1) is 19.8 Å². The van der Waals surface area contributed by atoms with Gasteiger partial charge in [0.15, 0.2) is 5.78 Å². The smallest absolute Gasteiger partial charge is 0.172 e. The predicted molar refractivity (Wildman–Crippen MR) is 78.2 cm³/mol. The molecule has 104 valence electrons. The van der Waals surface area contributed by atoms with Gasteiger partial charge in [-0.05, 0) is 40.9 Å². The lowest BCUT2D eigenvalue weighted by Crippen LogP contribution is -2.24. The molecule has 1 fully saturated rings. The van der Waals surface area contributed by atoms with E-state index in [4.69, 9.17) is 9.47 Å². The van der Waals surface area contributed by atoms with Crippen LogP contribution in [0.3, 0.4) is 0 Å². The molecule has 19 heavy (non-hydrogen) atoms. The maximum atomic E-state index is 12.8. The van der Waals surface area contributed by atoms with Gasteiger partial charge < -0.3 is 9.47 Å². The summed E-state index contributed by atoms with van der Waals surface area (Å²) in [6.45, 7) is 2.06. The van der Waals surface area contributed by atoms with Gasteiger partial charge in [0.1, 0.15) is 16.0 Å². The summed E-state index contributed by atoms with van der Waals surface area (Å²) < 4.78 is 11.3. The maximum absolute atomic E-state index is 12.8. The van der Waals surface area contributed by atoms with Gasteiger partial charge in [-0.2, -0.15) is 0 Å². The van der Waals surface area contributed by atoms with Crippen molar-refractivity contribution >= 4 is 21.7 Å². The molecule has 2 rings (SSSR count). The highest BCUT2D eigenvalue weighted by atomic mass is 79.9. The number of ether oxygens (including phenoxy) is 2. The average Bonchev–Trinajstić information content (AvgIpc) is 2.85. The predicted octanol–water partition coefficient (Wildman–Crippen LogP) is 4.23. The number of carbonyl (C=O) groups excluding carboxylic acids is 1. The Morgan fingerprint density at radius 3 is 2.37 bits per heavy atom. The van der Waals surface area contributed by atoms with Crippen LogP contribution in [0.1, 0.15) is 43.0 Å². The lowest BCUT2D eigenvalue weighted by atomic mass is 9.80. The first-order valence-electron chi connectivity index (χ1n) is 6.49. The number of Topliss-reactive ketones (excluding diaryl/α,β-unsaturated/α-hetero) is 1. The summed E-state index contributed by atoms with van der Waals surface area (Å²) in [5.74, 6) is 1.41. The van der Waals surface area contributed by atoms with E-state index in [-0.39, 0.29) is 11.2 Å². The standard InChI is InChI=1S/C15H19BrO3/c1-15(8-4-5-9-15)14(17)10-6-7-11(18-2)12(16)13(10)19-3/h6-7H,4-5,8-9H2,1-3H3. The minimum atomic E-state index is -0.249. The Hall–Kier alpha value is -1.03. The molecule has 0 aliphatic heterocycles. The van der Waals surface area contributed by atoms with Crippen LogP contribution in [-0.2, 0) is 0 Å². The third-order valence-corrected chi connectivity index (χ3v) is 4.74. The van der Waals surface area contributed by atoms with Crippen molar-refractivity contribution in [3.63, 3.8) is 0 Å². The second-order valence-electron chi connectivity index (χ2n) is 5.26. The lowest BCUT2D eigenvalue weighted by Gasteiger charge is -2.23. The van der Waals surface area contributed by atoms with E-state index in [0.717, 1.165) is 25.7 Å². The molecule has 0 radical (unpaired) electrons. The summed E-state index contributed by atoms with van der Waals surface area (Å²) in [5.41, 5.74) is 0.390. The first kappa shape index (κ1) is 14.4. The molecule has 0 unspecified atom stereocenters. The molecule has 1 aliphatic rings. The largest absolute Gasteiger partial charge is 0.495 e. The molecule has 0 atom stereocenters. The van der Waals surface area contributed by atoms with Crippen molar-refractivity contribution in [1.29, 1.82) is 0 Å². The number of rotatable bonds is 4. The highest BCUT2D eigenvalue weighted by Crippen LogP contribution is 2.44. The van der Waals surface area contributed by atoms with Crippen molar-refractivity contribution < 1.29 is 14.3 Å². The Morgan fingerprint density at radius 1 is 1.21 bits per heavy atom. The monoisotopic (exact) mass is 326 g/mol. The van der Waals surface area contributed by atoms with E-state index < -0.39 is 0 Å². The highest BCUT2D eigenvalue weighted by molar-refractivity contribution is 9.10. The molecule has 0 bridgehead atoms. The lowest BCUT2D eigenvalue weighted by molar-refractivity contribution is 0.0820. The fraction of sp³-hybridized carbons (Fsp3) is 0.533. The molecule has 0 spiro atoms. The van der Waals surface area contributed by atoms with Crippen LogP contribution in [0.2, 0.25) is 0 Å². The zero-order valence-electron chi connectivity index (χ0n) is 11.6. The number of methoxy groups -OCH3 is 2. The van der Waals surface area contributed by atoms with E-state index in [0.29, 0.717) is 21.5 Å². The van der Waals surface area contributed by atoms with Crippen LogP contribution in [0.4, 0.5) is 0 Å². The van der Waals surface area contributed by atoms with Gasteiger partial charge in [-0.3, -0.25) is 4.79 Å². The van der Waals surface area contributed by atoms with Crippen LogP contribution in [0, 0.1) is 5.41 Å². The molecule has 4 heteroatoms. The zero-order chi connectivity index (χ0) is 14.0. The zero-order valence-corrected chi connectivity index (χ0v) is 13.2. The Balaban J connectivity index is 2.45. The van der Waals surface area contributed by atoms with Crippen LogP contribution in [-0.4, -0.2) is 20.0 Å². The molecule has 0 heterocycles. The van der Waals surface area contributed by atoms with Gasteiger partial charge in [0.2, 0.25) is 0 Å². The summed E-state index contributed by atoms with van der Waals surface area (Å²) in [7, 11) is 3.17. The molecule has 0 saturated heterocycles. The quantitative estimate of drug-likeness (QED) is 0.777. The highest BCUT2D eigenvalue weighted by Gasteiger charge is 2.38. The third-order valence-electron chi connectivity index (χ3n) is 3.99. The number of carbonyl (C=O) groups is 1. The fourth-order valence-corrected chi connectivity index (χ4v) is 3.45. The number of hydrogen-bond acceptors (Lipinski definition) is 3. The van der Waals surface area contributed by atoms with Crippen LogP contribution in [0.25, 0.3) is 0 Å². The Bertz CT molecular complexity index is 490. The molecule has 0 amide bonds. The van der Waals surface area contributed by atoms with Crippen molar-refractivity contribution in [3.8, 4) is 11.5 Å². The molecular weight excluding hydrogens is 308 g/mol. The summed E-state index contributed by atoms with van der Waals surface area (Å²) >= 11 is 3.44. The number of halogens is 1. The van der Waals surface area contributed by atoms with E-state index in [1.54, 1.807) is 26.4 Å². The Kier molecular flexibility index (Phi) is 4.19. The van der Waals surface area contributed by atoms with Crippen molar-refractivity contribution in [2.75, 3.05) is 14.2 Å². The first-order valence-corrected chi connectivity index (χ1v) is 7.28. The normalized spacial score (nSPS) is 17.3. The second-order valence-corrected chi connectivity index (χ2v) is 6.05. The van der Waals surface area contributed by atoms with E-state index in [1.807, 2.05) is 0 Å². The summed E-state index contributed by atoms with van der Waals surface area (Å²) in [6.07, 6.45) is 4.17. The molecule has 1 aromatic rings. The van der Waals surface area contributed by atoms with Crippen molar-refractivity contribution in [2.45, 2.75) is 32.6 Å². The maximum Gasteiger partial charge on any atom is 0.172 e. The molecule has 1 aliphatic carbocycles. The van der Waals surface area contributed by atoms with Gasteiger partial charge in [-0.1, -0.05) is 19.8 Å². The van der Waals surface area contributed by atoms with E-state index >= 15 is 0 Å². The van der Waals surface area contributed by atoms with Crippen LogP contribution < -0.4 is 9.47 Å². The average molecular weight is 327 g/mol. The van der Waals surface area contributed by atoms with Crippen LogP contribution in [0.5, 0.6) is 11.5 Å². The van der Waals surface area contributed by atoms with Crippen molar-refractivity contribution in [2.24, 2.45) is 5.41 Å². The summed E-state index contributed by atoms with van der Waals surface area (Å²) in [4.78, 5) is 12.8. The van der Waals surface area contributed by atoms with Crippen LogP contribution in [0.15, 0.2) is 16.6 Å². The van der Waals surface area contributed by atoms with Crippen molar-refractivity contribution in [1.82, 2.24) is 0 Å². The fourth-order valence-electron chi connectivity index (χ4n) is 2.78. The van der Waals surface area contributed by atoms with Gasteiger partial charge in [0.25, 0.3) is 0 Å². The molecule has 3 nitrogen and oxygen atoms in total. The second kappa shape index (κ2) is 5.53. The van der Waals surface area contributed by atoms with Crippen LogP contribution >= 0.6 is 15.9 Å². The Labute approximate surface area is 122 Å². The topological polar surface area (TPSA) is 35.5 Å². The van der Waals surface area contributed by atoms with Gasteiger partial charge >= 0.3 is 0 Å². The number of benzene rings is 1. The number of ketones is 1. The summed E-state index contributed by atoms with van der Waals surface area (Å²) in [5, 5.41) is 0. The van der Waals surface area contributed by atoms with E-state index in [9.17, 15) is 4.79 Å². The Morgan fingerprint density at radius 2 is 1.84 bits per heavy atom. The van der Waals surface area contributed by atoms with Gasteiger partial charge in [-0.25, -0.2) is 0 Å². The third kappa shape index (κ3) is 2.50. The molecule has 1 saturated carbocycles. The van der Waals surface area contributed by atoms with Gasteiger partial charge in [0, 0.05) is 5.41 Å². The minimum absolute atomic E-state index is 0.171. The first-order chi connectivity index (χ1) is 9.03. The number of hydrogen-bond donors (Lipinski definition) is 0. The van der Waals surface area contributed by atoms with Gasteiger partial charge in [-0.15, -0.1) is 0 Å². The van der Waals surface area contributed by atoms with E-state index in [1.165, 1.54) is 0 Å². The molecule has 0 aromatic heterocycles. The molecule has 1 aromatic carbocycles. The van der Waals surface area contributed by atoms with Crippen molar-refractivity contribution in [3.05, 3.63) is 22.2 Å². The van der Waals surface area contributed by atoms with E-state index in [2.05, 4.69) is 22.9 Å². The molecular formula is C15H19BrO3. The SMILES string of the molecule is COc1ccc(C(=O)C2(C)CCCC2)c(OC)c1Br. The molecule has 0 N–H and O–H groups in total. The summed E-state index contributed by atoms with van der Waals surface area (Å²) in [6, 6.07) is 3.60.